The molecule has 0 amide bonds. The molecule has 5 heteroatoms. The first kappa shape index (κ1) is 23.2. The Kier molecular flexibility index (Phi) is 8.14. The number of ether oxygens (including phenoxy) is 4. The maximum atomic E-state index is 11.6. The summed E-state index contributed by atoms with van der Waals surface area (Å²) in [6.07, 6.45) is 3.64. The number of carbonyl (C=O) groups excluding carboxylic acids is 1. The van der Waals surface area contributed by atoms with Crippen molar-refractivity contribution in [3.63, 3.8) is 0 Å². The smallest absolute Gasteiger partial charge is 0.337 e. The molecule has 0 aliphatic carbocycles. The second-order valence-corrected chi connectivity index (χ2v) is 7.54. The van der Waals surface area contributed by atoms with Gasteiger partial charge in [0.15, 0.2) is 11.5 Å². The summed E-state index contributed by atoms with van der Waals surface area (Å²) < 4.78 is 21.1. The number of esters is 1. The second kappa shape index (κ2) is 11.2. The SMILES string of the molecule is COC(=O)c1ccc(CCc2cccc(CCc3cc(OC)c(OC)c(OC)c3)c2)cc1. The molecule has 0 bridgehead atoms. The molecule has 0 aliphatic heterocycles. The van der Waals surface area contributed by atoms with Gasteiger partial charge < -0.3 is 18.9 Å². The van der Waals surface area contributed by atoms with Crippen molar-refractivity contribution in [3.8, 4) is 17.2 Å². The molecule has 3 aromatic rings. The topological polar surface area (TPSA) is 54.0 Å². The van der Waals surface area contributed by atoms with Crippen LogP contribution in [0.2, 0.25) is 0 Å². The zero-order valence-electron chi connectivity index (χ0n) is 19.1. The van der Waals surface area contributed by atoms with Gasteiger partial charge in [-0.05, 0) is 72.2 Å². The van der Waals surface area contributed by atoms with Crippen molar-refractivity contribution in [1.82, 2.24) is 0 Å². The molecule has 0 unspecified atom stereocenters. The third-order valence-corrected chi connectivity index (χ3v) is 5.50. The molecule has 32 heavy (non-hydrogen) atoms. The number of carbonyl (C=O) groups is 1. The lowest BCUT2D eigenvalue weighted by Crippen LogP contribution is -2.01. The van der Waals surface area contributed by atoms with E-state index in [9.17, 15) is 4.79 Å². The first-order valence-corrected chi connectivity index (χ1v) is 10.6. The molecule has 3 aromatic carbocycles. The lowest BCUT2D eigenvalue weighted by atomic mass is 9.98. The molecular weight excluding hydrogens is 404 g/mol. The lowest BCUT2D eigenvalue weighted by molar-refractivity contribution is 0.0600. The average molecular weight is 435 g/mol. The van der Waals surface area contributed by atoms with E-state index >= 15 is 0 Å². The molecule has 0 radical (unpaired) electrons. The van der Waals surface area contributed by atoms with Crippen LogP contribution in [0, 0.1) is 0 Å². The van der Waals surface area contributed by atoms with Crippen LogP contribution >= 0.6 is 0 Å². The summed E-state index contributed by atoms with van der Waals surface area (Å²) in [6, 6.07) is 20.3. The van der Waals surface area contributed by atoms with Crippen molar-refractivity contribution in [2.45, 2.75) is 25.7 Å². The van der Waals surface area contributed by atoms with Crippen LogP contribution in [0.15, 0.2) is 60.7 Å². The Morgan fingerprint density at radius 3 is 1.66 bits per heavy atom. The fourth-order valence-electron chi connectivity index (χ4n) is 3.72. The van der Waals surface area contributed by atoms with E-state index < -0.39 is 0 Å². The van der Waals surface area contributed by atoms with Gasteiger partial charge >= 0.3 is 5.97 Å². The van der Waals surface area contributed by atoms with Crippen LogP contribution in [-0.4, -0.2) is 34.4 Å². The van der Waals surface area contributed by atoms with Crippen LogP contribution in [0.1, 0.15) is 32.6 Å². The minimum atomic E-state index is -0.309. The Morgan fingerprint density at radius 1 is 0.625 bits per heavy atom. The van der Waals surface area contributed by atoms with Crippen LogP contribution < -0.4 is 14.2 Å². The molecule has 0 aromatic heterocycles. The summed E-state index contributed by atoms with van der Waals surface area (Å²) in [5.74, 6) is 1.65. The van der Waals surface area contributed by atoms with Crippen molar-refractivity contribution < 1.29 is 23.7 Å². The molecule has 0 saturated heterocycles. The summed E-state index contributed by atoms with van der Waals surface area (Å²) in [5.41, 5.74) is 5.49. The number of hydrogen-bond donors (Lipinski definition) is 0. The molecule has 0 aliphatic rings. The van der Waals surface area contributed by atoms with Gasteiger partial charge in [-0.2, -0.15) is 0 Å². The Labute approximate surface area is 189 Å². The quantitative estimate of drug-likeness (QED) is 0.417. The average Bonchev–Trinajstić information content (AvgIpc) is 2.85. The third-order valence-electron chi connectivity index (χ3n) is 5.50. The molecule has 168 valence electrons. The summed E-state index contributed by atoms with van der Waals surface area (Å²) in [5, 5.41) is 0. The lowest BCUT2D eigenvalue weighted by Gasteiger charge is -2.14. The molecule has 0 saturated carbocycles. The predicted molar refractivity (Wildman–Crippen MR) is 125 cm³/mol. The minimum absolute atomic E-state index is 0.309. The second-order valence-electron chi connectivity index (χ2n) is 7.54. The molecule has 0 N–H and O–H groups in total. The zero-order valence-corrected chi connectivity index (χ0v) is 19.1. The van der Waals surface area contributed by atoms with E-state index in [1.807, 2.05) is 36.4 Å². The Morgan fingerprint density at radius 2 is 1.16 bits per heavy atom. The number of benzene rings is 3. The van der Waals surface area contributed by atoms with Crippen molar-refractivity contribution >= 4 is 5.97 Å². The van der Waals surface area contributed by atoms with E-state index in [2.05, 4.69) is 24.3 Å². The maximum absolute atomic E-state index is 11.6. The predicted octanol–water partition coefficient (Wildman–Crippen LogP) is 5.07. The number of hydrogen-bond acceptors (Lipinski definition) is 5. The van der Waals surface area contributed by atoms with E-state index in [4.69, 9.17) is 18.9 Å². The summed E-state index contributed by atoms with van der Waals surface area (Å²) >= 11 is 0. The van der Waals surface area contributed by atoms with E-state index in [1.54, 1.807) is 21.3 Å². The van der Waals surface area contributed by atoms with E-state index in [-0.39, 0.29) is 5.97 Å². The molecule has 0 heterocycles. The van der Waals surface area contributed by atoms with Crippen LogP contribution in [0.3, 0.4) is 0 Å². The van der Waals surface area contributed by atoms with Crippen LogP contribution in [0.5, 0.6) is 17.2 Å². The van der Waals surface area contributed by atoms with Crippen molar-refractivity contribution in [2.75, 3.05) is 28.4 Å². The van der Waals surface area contributed by atoms with Crippen molar-refractivity contribution in [2.24, 2.45) is 0 Å². The number of rotatable bonds is 10. The highest BCUT2D eigenvalue weighted by Gasteiger charge is 2.13. The molecule has 0 spiro atoms. The van der Waals surface area contributed by atoms with Crippen LogP contribution in [0.25, 0.3) is 0 Å². The highest BCUT2D eigenvalue weighted by Crippen LogP contribution is 2.38. The largest absolute Gasteiger partial charge is 0.493 e. The number of aryl methyl sites for hydroxylation is 4. The van der Waals surface area contributed by atoms with Gasteiger partial charge in [0.25, 0.3) is 0 Å². The summed E-state index contributed by atoms with van der Waals surface area (Å²) in [4.78, 5) is 11.6. The fourth-order valence-corrected chi connectivity index (χ4v) is 3.72. The third kappa shape index (κ3) is 5.82. The van der Waals surface area contributed by atoms with Gasteiger partial charge in [0, 0.05) is 0 Å². The van der Waals surface area contributed by atoms with E-state index in [1.165, 1.54) is 23.8 Å². The van der Waals surface area contributed by atoms with E-state index in [0.29, 0.717) is 22.8 Å². The van der Waals surface area contributed by atoms with Gasteiger partial charge in [-0.15, -0.1) is 0 Å². The Hall–Kier alpha value is -3.47. The van der Waals surface area contributed by atoms with Gasteiger partial charge in [-0.3, -0.25) is 0 Å². The van der Waals surface area contributed by atoms with Crippen LogP contribution in [-0.2, 0) is 30.4 Å². The zero-order chi connectivity index (χ0) is 22.9. The first-order chi connectivity index (χ1) is 15.6. The summed E-state index contributed by atoms with van der Waals surface area (Å²) in [7, 11) is 6.27. The Balaban J connectivity index is 1.62. The molecular formula is C27H30O5. The van der Waals surface area contributed by atoms with Gasteiger partial charge in [-0.1, -0.05) is 36.4 Å². The van der Waals surface area contributed by atoms with E-state index in [0.717, 1.165) is 31.2 Å². The molecule has 0 atom stereocenters. The molecule has 5 nitrogen and oxygen atoms in total. The van der Waals surface area contributed by atoms with Gasteiger partial charge in [0.05, 0.1) is 34.0 Å². The van der Waals surface area contributed by atoms with Crippen molar-refractivity contribution in [1.29, 1.82) is 0 Å². The summed E-state index contributed by atoms with van der Waals surface area (Å²) in [6.45, 7) is 0. The highest BCUT2D eigenvalue weighted by atomic mass is 16.5. The van der Waals surface area contributed by atoms with Gasteiger partial charge in [-0.25, -0.2) is 4.79 Å². The minimum Gasteiger partial charge on any atom is -0.493 e. The van der Waals surface area contributed by atoms with Crippen LogP contribution in [0.4, 0.5) is 0 Å². The Bertz CT molecular complexity index is 1020. The standard InChI is InChI=1S/C27H30O5/c1-29-24-17-22(18-25(30-2)26(24)31-3)11-10-21-7-5-6-20(16-21)9-8-19-12-14-23(15-13-19)27(28)32-4/h5-7,12-18H,8-11H2,1-4H3. The van der Waals surface area contributed by atoms with Crippen molar-refractivity contribution in [3.05, 3.63) is 88.5 Å². The first-order valence-electron chi connectivity index (χ1n) is 10.6. The molecule has 3 rings (SSSR count). The fraction of sp³-hybridized carbons (Fsp3) is 0.296. The highest BCUT2D eigenvalue weighted by molar-refractivity contribution is 5.89. The van der Waals surface area contributed by atoms with Gasteiger partial charge in [0.2, 0.25) is 5.75 Å². The van der Waals surface area contributed by atoms with Gasteiger partial charge in [0.1, 0.15) is 0 Å². The normalized spacial score (nSPS) is 10.5. The molecule has 0 fully saturated rings. The maximum Gasteiger partial charge on any atom is 0.337 e. The number of methoxy groups -OCH3 is 4. The monoisotopic (exact) mass is 434 g/mol.